The van der Waals surface area contributed by atoms with Crippen LogP contribution in [-0.4, -0.2) is 25.4 Å². The summed E-state index contributed by atoms with van der Waals surface area (Å²) < 4.78 is 16.5. The Hall–Kier alpha value is -2.48. The SMILES string of the molecule is C=CCOC(=O)C1=C(C)NC(=O)N[C@H]1c1cc2c(cc1Br)OCO2. The Morgan fingerprint density at radius 1 is 1.46 bits per heavy atom. The van der Waals surface area contributed by atoms with Gasteiger partial charge in [0.15, 0.2) is 11.5 Å². The summed E-state index contributed by atoms with van der Waals surface area (Å²) in [6.07, 6.45) is 1.48. The van der Waals surface area contributed by atoms with Crippen LogP contribution < -0.4 is 20.1 Å². The van der Waals surface area contributed by atoms with Crippen LogP contribution in [0.25, 0.3) is 0 Å². The standard InChI is InChI=1S/C16H15BrN2O5/c1-3-4-22-15(20)13-8(2)18-16(21)19-14(13)9-5-11-12(6-10(9)17)24-7-23-11/h3,5-6,14H,1,4,7H2,2H3,(H2,18,19,21)/t14-/m0/s1. The van der Waals surface area contributed by atoms with Gasteiger partial charge in [-0.15, -0.1) is 0 Å². The molecular formula is C16H15BrN2O5. The van der Waals surface area contributed by atoms with Gasteiger partial charge < -0.3 is 24.8 Å². The predicted octanol–water partition coefficient (Wildman–Crippen LogP) is 2.53. The molecular weight excluding hydrogens is 380 g/mol. The molecule has 2 N–H and O–H groups in total. The molecule has 126 valence electrons. The molecule has 24 heavy (non-hydrogen) atoms. The Labute approximate surface area is 146 Å². The maximum atomic E-state index is 12.4. The van der Waals surface area contributed by atoms with E-state index in [0.29, 0.717) is 32.8 Å². The van der Waals surface area contributed by atoms with E-state index >= 15 is 0 Å². The molecule has 2 aliphatic heterocycles. The first-order chi connectivity index (χ1) is 11.5. The number of hydrogen-bond acceptors (Lipinski definition) is 5. The van der Waals surface area contributed by atoms with Crippen LogP contribution in [0.15, 0.2) is 40.5 Å². The lowest BCUT2D eigenvalue weighted by Gasteiger charge is -2.28. The molecule has 1 aromatic carbocycles. The maximum absolute atomic E-state index is 12.4. The number of ether oxygens (including phenoxy) is 3. The van der Waals surface area contributed by atoms with E-state index in [0.717, 1.165) is 0 Å². The number of carbonyl (C=O) groups is 2. The molecule has 0 spiro atoms. The van der Waals surface area contributed by atoms with E-state index in [9.17, 15) is 9.59 Å². The summed E-state index contributed by atoms with van der Waals surface area (Å²) in [5.74, 6) is 0.620. The summed E-state index contributed by atoms with van der Waals surface area (Å²) in [5.41, 5.74) is 1.41. The van der Waals surface area contributed by atoms with Crippen LogP contribution in [0, 0.1) is 0 Å². The van der Waals surface area contributed by atoms with Gasteiger partial charge in [-0.05, 0) is 24.6 Å². The fourth-order valence-electron chi connectivity index (χ4n) is 2.56. The van der Waals surface area contributed by atoms with Crippen molar-refractivity contribution in [2.24, 2.45) is 0 Å². The zero-order valence-corrected chi connectivity index (χ0v) is 14.4. The quantitative estimate of drug-likeness (QED) is 0.605. The fourth-order valence-corrected chi connectivity index (χ4v) is 3.12. The molecule has 0 fully saturated rings. The highest BCUT2D eigenvalue weighted by molar-refractivity contribution is 9.10. The zero-order valence-electron chi connectivity index (χ0n) is 12.8. The topological polar surface area (TPSA) is 85.9 Å². The molecule has 0 radical (unpaired) electrons. The molecule has 8 heteroatoms. The maximum Gasteiger partial charge on any atom is 0.338 e. The number of halogens is 1. The van der Waals surface area contributed by atoms with Crippen molar-refractivity contribution in [3.8, 4) is 11.5 Å². The van der Waals surface area contributed by atoms with Gasteiger partial charge in [-0.25, -0.2) is 9.59 Å². The number of rotatable bonds is 4. The molecule has 2 heterocycles. The van der Waals surface area contributed by atoms with Crippen LogP contribution in [0.4, 0.5) is 4.79 Å². The Morgan fingerprint density at radius 2 is 2.17 bits per heavy atom. The van der Waals surface area contributed by atoms with Gasteiger partial charge in [-0.2, -0.15) is 0 Å². The van der Waals surface area contributed by atoms with Crippen LogP contribution in [-0.2, 0) is 9.53 Å². The van der Waals surface area contributed by atoms with E-state index in [4.69, 9.17) is 14.2 Å². The number of hydrogen-bond donors (Lipinski definition) is 2. The highest BCUT2D eigenvalue weighted by Gasteiger charge is 2.34. The highest BCUT2D eigenvalue weighted by Crippen LogP contribution is 2.41. The minimum atomic E-state index is -0.681. The molecule has 0 unspecified atom stereocenters. The summed E-state index contributed by atoms with van der Waals surface area (Å²) in [5, 5.41) is 5.33. The average Bonchev–Trinajstić information content (AvgIpc) is 2.98. The van der Waals surface area contributed by atoms with E-state index in [-0.39, 0.29) is 13.4 Å². The number of urea groups is 1. The average molecular weight is 395 g/mol. The number of fused-ring (bicyclic) bond motifs is 1. The Bertz CT molecular complexity index is 759. The molecule has 3 rings (SSSR count). The van der Waals surface area contributed by atoms with Crippen molar-refractivity contribution in [2.45, 2.75) is 13.0 Å². The third-order valence-corrected chi connectivity index (χ3v) is 4.31. The van der Waals surface area contributed by atoms with Crippen molar-refractivity contribution >= 4 is 27.9 Å². The van der Waals surface area contributed by atoms with Gasteiger partial charge in [-0.1, -0.05) is 28.6 Å². The zero-order chi connectivity index (χ0) is 17.3. The lowest BCUT2D eigenvalue weighted by atomic mass is 9.95. The summed E-state index contributed by atoms with van der Waals surface area (Å²) in [6.45, 7) is 5.39. The third-order valence-electron chi connectivity index (χ3n) is 3.62. The summed E-state index contributed by atoms with van der Waals surface area (Å²) in [4.78, 5) is 24.3. The van der Waals surface area contributed by atoms with Crippen molar-refractivity contribution in [1.82, 2.24) is 10.6 Å². The van der Waals surface area contributed by atoms with Crippen molar-refractivity contribution in [2.75, 3.05) is 13.4 Å². The van der Waals surface area contributed by atoms with Gasteiger partial charge in [0, 0.05) is 10.2 Å². The van der Waals surface area contributed by atoms with Gasteiger partial charge in [0.1, 0.15) is 6.61 Å². The number of esters is 1. The summed E-state index contributed by atoms with van der Waals surface area (Å²) in [7, 11) is 0. The lowest BCUT2D eigenvalue weighted by Crippen LogP contribution is -2.45. The number of allylic oxidation sites excluding steroid dienone is 1. The summed E-state index contributed by atoms with van der Waals surface area (Å²) in [6, 6.07) is 2.40. The molecule has 1 atom stereocenters. The van der Waals surface area contributed by atoms with Gasteiger partial charge >= 0.3 is 12.0 Å². The normalized spacial score (nSPS) is 18.8. The number of benzene rings is 1. The second kappa shape index (κ2) is 6.56. The number of nitrogens with one attached hydrogen (secondary N) is 2. The number of carbonyl (C=O) groups excluding carboxylic acids is 2. The van der Waals surface area contributed by atoms with Crippen LogP contribution >= 0.6 is 15.9 Å². The Kier molecular flexibility index (Phi) is 4.48. The van der Waals surface area contributed by atoms with Gasteiger partial charge in [0.05, 0.1) is 11.6 Å². The molecule has 0 aromatic heterocycles. The van der Waals surface area contributed by atoms with Crippen molar-refractivity contribution in [3.05, 3.63) is 46.1 Å². The van der Waals surface area contributed by atoms with Gasteiger partial charge in [0.25, 0.3) is 0 Å². The minimum Gasteiger partial charge on any atom is -0.458 e. The summed E-state index contributed by atoms with van der Waals surface area (Å²) >= 11 is 3.46. The predicted molar refractivity (Wildman–Crippen MR) is 88.5 cm³/mol. The van der Waals surface area contributed by atoms with Gasteiger partial charge in [0.2, 0.25) is 6.79 Å². The van der Waals surface area contributed by atoms with Crippen molar-refractivity contribution in [1.29, 1.82) is 0 Å². The molecule has 0 saturated heterocycles. The Balaban J connectivity index is 2.03. The van der Waals surface area contributed by atoms with E-state index in [1.165, 1.54) is 6.08 Å². The van der Waals surface area contributed by atoms with E-state index in [1.54, 1.807) is 19.1 Å². The van der Waals surface area contributed by atoms with Crippen LogP contribution in [0.5, 0.6) is 11.5 Å². The molecule has 2 aliphatic rings. The number of amides is 2. The van der Waals surface area contributed by atoms with E-state index < -0.39 is 18.0 Å². The third kappa shape index (κ3) is 2.96. The first kappa shape index (κ1) is 16.4. The monoisotopic (exact) mass is 394 g/mol. The van der Waals surface area contributed by atoms with Crippen LogP contribution in [0.1, 0.15) is 18.5 Å². The molecule has 0 aliphatic carbocycles. The Morgan fingerprint density at radius 3 is 2.88 bits per heavy atom. The first-order valence-corrected chi connectivity index (χ1v) is 7.96. The van der Waals surface area contributed by atoms with Crippen molar-refractivity contribution in [3.63, 3.8) is 0 Å². The second-order valence-electron chi connectivity index (χ2n) is 5.18. The van der Waals surface area contributed by atoms with Gasteiger partial charge in [-0.3, -0.25) is 0 Å². The second-order valence-corrected chi connectivity index (χ2v) is 6.04. The van der Waals surface area contributed by atoms with Crippen LogP contribution in [0.2, 0.25) is 0 Å². The highest BCUT2D eigenvalue weighted by atomic mass is 79.9. The molecule has 7 nitrogen and oxygen atoms in total. The molecule has 2 amide bonds. The largest absolute Gasteiger partial charge is 0.458 e. The molecule has 1 aromatic rings. The first-order valence-electron chi connectivity index (χ1n) is 7.16. The van der Waals surface area contributed by atoms with Crippen LogP contribution in [0.3, 0.4) is 0 Å². The molecule has 0 bridgehead atoms. The lowest BCUT2D eigenvalue weighted by molar-refractivity contribution is -0.138. The fraction of sp³-hybridized carbons (Fsp3) is 0.250. The minimum absolute atomic E-state index is 0.0819. The smallest absolute Gasteiger partial charge is 0.338 e. The van der Waals surface area contributed by atoms with E-state index in [1.807, 2.05) is 0 Å². The van der Waals surface area contributed by atoms with E-state index in [2.05, 4.69) is 33.1 Å². The van der Waals surface area contributed by atoms with Crippen molar-refractivity contribution < 1.29 is 23.8 Å². The molecule has 0 saturated carbocycles.